The van der Waals surface area contributed by atoms with Crippen LogP contribution in [-0.2, 0) is 11.0 Å². The average molecular weight is 486 g/mol. The number of Topliss-reactive ketones (excluding diaryl/α,β-unsaturated/α-hetero) is 2. The van der Waals surface area contributed by atoms with Gasteiger partial charge in [0.05, 0.1) is 17.2 Å². The Kier molecular flexibility index (Phi) is 5.66. The van der Waals surface area contributed by atoms with Crippen LogP contribution in [0.1, 0.15) is 73.4 Å². The van der Waals surface area contributed by atoms with Crippen LogP contribution in [0, 0.1) is 17.3 Å². The first-order valence-electron chi connectivity index (χ1n) is 11.7. The first-order chi connectivity index (χ1) is 16.1. The van der Waals surface area contributed by atoms with Gasteiger partial charge in [-0.1, -0.05) is 32.4 Å². The molecule has 0 bridgehead atoms. The van der Waals surface area contributed by atoms with Crippen molar-refractivity contribution < 1.29 is 22.8 Å². The monoisotopic (exact) mass is 485 g/mol. The minimum Gasteiger partial charge on any atom is -0.299 e. The average Bonchev–Trinajstić information content (AvgIpc) is 3.30. The molecule has 2 aliphatic carbocycles. The summed E-state index contributed by atoms with van der Waals surface area (Å²) in [6.45, 7) is 3.93. The van der Waals surface area contributed by atoms with Gasteiger partial charge < -0.3 is 0 Å². The van der Waals surface area contributed by atoms with Gasteiger partial charge in [0, 0.05) is 29.2 Å². The predicted molar refractivity (Wildman–Crippen MR) is 126 cm³/mol. The van der Waals surface area contributed by atoms with Gasteiger partial charge in [-0.2, -0.15) is 24.5 Å². The van der Waals surface area contributed by atoms with Crippen molar-refractivity contribution in [2.75, 3.05) is 0 Å². The number of carbonyl (C=O) groups is 2. The van der Waals surface area contributed by atoms with Crippen LogP contribution in [0.3, 0.4) is 0 Å². The van der Waals surface area contributed by atoms with Crippen molar-refractivity contribution in [2.24, 2.45) is 22.2 Å². The maximum Gasteiger partial charge on any atom is 0.416 e. The van der Waals surface area contributed by atoms with E-state index in [4.69, 9.17) is 4.99 Å². The fourth-order valence-corrected chi connectivity index (χ4v) is 6.45. The molecule has 178 valence electrons. The summed E-state index contributed by atoms with van der Waals surface area (Å²) in [5, 5.41) is 3.89. The van der Waals surface area contributed by atoms with E-state index in [1.807, 2.05) is 30.7 Å². The molecule has 5 rings (SSSR count). The number of benzene rings is 1. The van der Waals surface area contributed by atoms with Gasteiger partial charge in [0.25, 0.3) is 0 Å². The molecule has 3 aliphatic rings. The van der Waals surface area contributed by atoms with E-state index in [2.05, 4.69) is 0 Å². The summed E-state index contributed by atoms with van der Waals surface area (Å²) in [7, 11) is 0. The number of halogens is 3. The molecular formula is C27H26F3NO2S. The third-order valence-electron chi connectivity index (χ3n) is 7.58. The molecule has 7 heteroatoms. The molecule has 0 N–H and O–H groups in total. The zero-order chi connectivity index (χ0) is 24.3. The second-order valence-corrected chi connectivity index (χ2v) is 10.9. The van der Waals surface area contributed by atoms with Crippen LogP contribution in [0.5, 0.6) is 0 Å². The minimum atomic E-state index is -4.47. The van der Waals surface area contributed by atoms with Gasteiger partial charge in [-0.25, -0.2) is 0 Å². The Morgan fingerprint density at radius 2 is 1.79 bits per heavy atom. The zero-order valence-electron chi connectivity index (χ0n) is 19.1. The van der Waals surface area contributed by atoms with Gasteiger partial charge in [0.1, 0.15) is 5.78 Å². The van der Waals surface area contributed by atoms with Gasteiger partial charge >= 0.3 is 6.18 Å². The maximum atomic E-state index is 13.8. The van der Waals surface area contributed by atoms with Crippen LogP contribution >= 0.6 is 11.3 Å². The van der Waals surface area contributed by atoms with E-state index in [0.29, 0.717) is 17.7 Å². The number of hydrogen-bond donors (Lipinski definition) is 0. The van der Waals surface area contributed by atoms with Crippen molar-refractivity contribution >= 4 is 28.6 Å². The van der Waals surface area contributed by atoms with Crippen molar-refractivity contribution in [1.82, 2.24) is 0 Å². The molecule has 2 atom stereocenters. The molecule has 0 saturated heterocycles. The van der Waals surface area contributed by atoms with E-state index in [0.717, 1.165) is 49.1 Å². The predicted octanol–water partition coefficient (Wildman–Crippen LogP) is 7.25. The third kappa shape index (κ3) is 3.88. The normalized spacial score (nSPS) is 24.2. The van der Waals surface area contributed by atoms with Crippen LogP contribution in [0.15, 0.2) is 57.4 Å². The van der Waals surface area contributed by atoms with Crippen LogP contribution in [0.2, 0.25) is 0 Å². The second-order valence-electron chi connectivity index (χ2n) is 10.1. The lowest BCUT2D eigenvalue weighted by Crippen LogP contribution is -2.48. The number of allylic oxidation sites excluding steroid dienone is 2. The number of carbonyl (C=O) groups excluding carboxylic acids is 2. The summed E-state index contributed by atoms with van der Waals surface area (Å²) in [6.07, 6.45) is 0.0122. The third-order valence-corrected chi connectivity index (χ3v) is 8.28. The molecule has 2 unspecified atom stereocenters. The van der Waals surface area contributed by atoms with Gasteiger partial charge in [0.15, 0.2) is 5.78 Å². The highest BCUT2D eigenvalue weighted by Gasteiger charge is 2.52. The number of thiophene rings is 1. The number of ketones is 2. The Hall–Kier alpha value is -2.54. The van der Waals surface area contributed by atoms with Crippen molar-refractivity contribution in [2.45, 2.75) is 58.0 Å². The van der Waals surface area contributed by atoms with E-state index in [1.165, 1.54) is 23.5 Å². The lowest BCUT2D eigenvalue weighted by molar-refractivity contribution is -0.137. The van der Waals surface area contributed by atoms with Crippen molar-refractivity contribution in [1.29, 1.82) is 0 Å². The number of nitrogens with zero attached hydrogens (tertiary/aromatic N) is 1. The summed E-state index contributed by atoms with van der Waals surface area (Å²) >= 11 is 1.50. The summed E-state index contributed by atoms with van der Waals surface area (Å²) in [4.78, 5) is 32.3. The molecule has 2 saturated carbocycles. The Balaban J connectivity index is 1.64. The number of fused-ring (bicyclic) bond motifs is 1. The largest absolute Gasteiger partial charge is 0.416 e. The van der Waals surface area contributed by atoms with E-state index in [9.17, 15) is 22.8 Å². The van der Waals surface area contributed by atoms with Crippen LogP contribution in [-0.4, -0.2) is 17.3 Å². The van der Waals surface area contributed by atoms with E-state index in [1.54, 1.807) is 0 Å². The molecule has 1 aromatic heterocycles. The smallest absolute Gasteiger partial charge is 0.299 e. The molecule has 1 spiro atoms. The Bertz CT molecular complexity index is 1190. The minimum absolute atomic E-state index is 0.0165. The molecule has 3 nitrogen and oxygen atoms in total. The number of aliphatic imine (C=N–C) groups is 1. The maximum absolute atomic E-state index is 13.8. The summed E-state index contributed by atoms with van der Waals surface area (Å²) in [5.41, 5.74) is 2.26. The number of hydrogen-bond acceptors (Lipinski definition) is 4. The highest BCUT2D eigenvalue weighted by Crippen LogP contribution is 2.55. The van der Waals surface area contributed by atoms with Gasteiger partial charge in [-0.05, 0) is 65.1 Å². The van der Waals surface area contributed by atoms with Crippen LogP contribution in [0.25, 0.3) is 0 Å². The molecule has 2 fully saturated rings. The van der Waals surface area contributed by atoms with E-state index >= 15 is 0 Å². The fourth-order valence-electron chi connectivity index (χ4n) is 5.76. The quantitative estimate of drug-likeness (QED) is 0.428. The molecule has 2 heterocycles. The number of alkyl halides is 3. The highest BCUT2D eigenvalue weighted by atomic mass is 32.1. The fraction of sp³-hybridized carbons (Fsp3) is 0.444. The summed E-state index contributed by atoms with van der Waals surface area (Å²) in [6, 6.07) is 6.27. The molecular weight excluding hydrogens is 459 g/mol. The van der Waals surface area contributed by atoms with Crippen LogP contribution < -0.4 is 0 Å². The first-order valence-corrected chi connectivity index (χ1v) is 12.6. The molecule has 0 radical (unpaired) electrons. The van der Waals surface area contributed by atoms with Gasteiger partial charge in [-0.3, -0.25) is 14.6 Å². The first kappa shape index (κ1) is 23.2. The van der Waals surface area contributed by atoms with Gasteiger partial charge in [0.2, 0.25) is 0 Å². The van der Waals surface area contributed by atoms with E-state index < -0.39 is 23.6 Å². The Morgan fingerprint density at radius 3 is 2.32 bits per heavy atom. The highest BCUT2D eigenvalue weighted by molar-refractivity contribution is 7.08. The van der Waals surface area contributed by atoms with Gasteiger partial charge in [-0.15, -0.1) is 0 Å². The lowest BCUT2D eigenvalue weighted by Gasteiger charge is -2.49. The molecule has 1 aromatic carbocycles. The number of rotatable bonds is 4. The van der Waals surface area contributed by atoms with Crippen LogP contribution in [0.4, 0.5) is 13.2 Å². The zero-order valence-corrected chi connectivity index (χ0v) is 19.9. The summed E-state index contributed by atoms with van der Waals surface area (Å²) in [5.74, 6) is -1.25. The topological polar surface area (TPSA) is 46.5 Å². The Labute approximate surface area is 200 Å². The molecule has 2 aromatic rings. The van der Waals surface area contributed by atoms with E-state index in [-0.39, 0.29) is 28.5 Å². The standard InChI is InChI=1S/C27H26F3NO2S/c1-15(2)24-23(25(33)16-4-6-18(7-5-16)27(28,29)30)21(17-8-11-34-14-17)22-19(31-24)12-26(9-3-10-26)13-20(22)32/h4-8,11,14-15,21-22H,3,9-10,12-13H2,1-2H3. The molecule has 0 amide bonds. The summed E-state index contributed by atoms with van der Waals surface area (Å²) < 4.78 is 39.2. The lowest BCUT2D eigenvalue weighted by atomic mass is 9.55. The van der Waals surface area contributed by atoms with Crippen molar-refractivity contribution in [3.63, 3.8) is 0 Å². The molecule has 1 aliphatic heterocycles. The SMILES string of the molecule is CC(C)C1=C(C(=O)c2ccc(C(F)(F)F)cc2)C(c2ccsc2)C2C(=O)CC3(CCC3)CC2=N1. The molecule has 34 heavy (non-hydrogen) atoms. The van der Waals surface area contributed by atoms with Crippen molar-refractivity contribution in [3.05, 3.63) is 69.1 Å². The Morgan fingerprint density at radius 1 is 1.09 bits per heavy atom. The van der Waals surface area contributed by atoms with Crippen molar-refractivity contribution in [3.8, 4) is 0 Å². The second kappa shape index (κ2) is 8.29.